The molecule has 0 radical (unpaired) electrons. The highest BCUT2D eigenvalue weighted by Crippen LogP contribution is 2.27. The van der Waals surface area contributed by atoms with E-state index >= 15 is 0 Å². The van der Waals surface area contributed by atoms with Gasteiger partial charge in [-0.2, -0.15) is 4.31 Å². The lowest BCUT2D eigenvalue weighted by molar-refractivity contribution is -0.134. The molecule has 7 nitrogen and oxygen atoms in total. The van der Waals surface area contributed by atoms with E-state index < -0.39 is 27.9 Å². The number of rotatable bonds is 9. The Morgan fingerprint density at radius 2 is 1.72 bits per heavy atom. The smallest absolute Gasteiger partial charge is 0.262 e. The van der Waals surface area contributed by atoms with Gasteiger partial charge in [-0.1, -0.05) is 67.9 Å². The number of halogens is 1. The van der Waals surface area contributed by atoms with Crippen LogP contribution in [0.25, 0.3) is 10.8 Å². The van der Waals surface area contributed by atoms with E-state index in [1.165, 1.54) is 6.07 Å². The van der Waals surface area contributed by atoms with Crippen molar-refractivity contribution in [3.05, 3.63) is 71.8 Å². The lowest BCUT2D eigenvalue weighted by Gasteiger charge is -2.32. The van der Waals surface area contributed by atoms with Crippen molar-refractivity contribution >= 4 is 38.3 Å². The Morgan fingerprint density at radius 1 is 1.06 bits per heavy atom. The molecule has 0 aliphatic rings. The Morgan fingerprint density at radius 3 is 2.38 bits per heavy atom. The number of hydroxylamine groups is 1. The second-order valence-corrected chi connectivity index (χ2v) is 9.87. The van der Waals surface area contributed by atoms with E-state index in [0.717, 1.165) is 15.1 Å². The van der Waals surface area contributed by atoms with Gasteiger partial charge in [-0.15, -0.1) is 0 Å². The van der Waals surface area contributed by atoms with Gasteiger partial charge >= 0.3 is 0 Å². The van der Waals surface area contributed by atoms with Crippen LogP contribution < -0.4 is 10.2 Å². The number of hydrogen-bond donors (Lipinski definition) is 2. The summed E-state index contributed by atoms with van der Waals surface area (Å²) in [7, 11) is -4.11. The molecule has 1 amide bonds. The molecule has 9 heteroatoms. The molecule has 0 aromatic heterocycles. The van der Waals surface area contributed by atoms with E-state index in [1.807, 2.05) is 24.3 Å². The van der Waals surface area contributed by atoms with E-state index in [-0.39, 0.29) is 18.0 Å². The molecule has 2 N–H and O–H groups in total. The summed E-state index contributed by atoms with van der Waals surface area (Å²) >= 11 is 6.11. The SMILES string of the molecule is CC(C)C(C(=O)NO)N(CCOc1ccccc1Cl)S(=O)(=O)c1ccc2ccccc2c1. The zero-order valence-corrected chi connectivity index (χ0v) is 19.3. The van der Waals surface area contributed by atoms with E-state index in [4.69, 9.17) is 16.3 Å². The average molecular weight is 477 g/mol. The number of carbonyl (C=O) groups is 1. The number of hydrogen-bond acceptors (Lipinski definition) is 5. The summed E-state index contributed by atoms with van der Waals surface area (Å²) in [5.74, 6) is -0.829. The van der Waals surface area contributed by atoms with E-state index in [2.05, 4.69) is 0 Å². The summed E-state index contributed by atoms with van der Waals surface area (Å²) < 4.78 is 34.0. The molecule has 32 heavy (non-hydrogen) atoms. The fourth-order valence-corrected chi connectivity index (χ4v) is 5.44. The summed E-state index contributed by atoms with van der Waals surface area (Å²) in [4.78, 5) is 12.5. The molecule has 1 atom stereocenters. The first-order valence-electron chi connectivity index (χ1n) is 10.1. The molecule has 0 aliphatic carbocycles. The van der Waals surface area contributed by atoms with Crippen LogP contribution in [0.2, 0.25) is 5.02 Å². The molecule has 3 aromatic rings. The molecule has 3 rings (SSSR count). The van der Waals surface area contributed by atoms with E-state index in [9.17, 15) is 18.4 Å². The number of para-hydroxylation sites is 1. The van der Waals surface area contributed by atoms with Crippen molar-refractivity contribution in [1.82, 2.24) is 9.79 Å². The number of nitrogens with zero attached hydrogens (tertiary/aromatic N) is 1. The molecule has 0 bridgehead atoms. The normalized spacial score (nSPS) is 12.8. The molecular weight excluding hydrogens is 452 g/mol. The van der Waals surface area contributed by atoms with Crippen molar-refractivity contribution in [3.63, 3.8) is 0 Å². The minimum Gasteiger partial charge on any atom is -0.491 e. The largest absolute Gasteiger partial charge is 0.491 e. The first-order chi connectivity index (χ1) is 15.3. The standard InChI is InChI=1S/C23H25ClN2O5S/c1-16(2)22(23(27)25-28)26(13-14-31-21-10-6-5-9-20(21)24)32(29,30)19-12-11-17-7-3-4-8-18(17)15-19/h3-12,15-16,22,28H,13-14H2,1-2H3,(H,25,27). The Bertz CT molecular complexity index is 1200. The van der Waals surface area contributed by atoms with Gasteiger partial charge in [0, 0.05) is 6.54 Å². The van der Waals surface area contributed by atoms with Crippen molar-refractivity contribution < 1.29 is 23.2 Å². The topological polar surface area (TPSA) is 95.9 Å². The first kappa shape index (κ1) is 24.0. The number of carbonyl (C=O) groups excluding carboxylic acids is 1. The van der Waals surface area contributed by atoms with Gasteiger partial charge in [0.15, 0.2) is 0 Å². The molecule has 0 spiro atoms. The number of amides is 1. The number of ether oxygens (including phenoxy) is 1. The summed E-state index contributed by atoms with van der Waals surface area (Å²) in [5, 5.41) is 11.3. The Labute approximate surface area is 192 Å². The summed E-state index contributed by atoms with van der Waals surface area (Å²) in [6, 6.07) is 17.9. The molecule has 0 fully saturated rings. The number of benzene rings is 3. The minimum atomic E-state index is -4.11. The third-order valence-corrected chi connectivity index (χ3v) is 7.24. The summed E-state index contributed by atoms with van der Waals surface area (Å²) in [6.07, 6.45) is 0. The van der Waals surface area contributed by atoms with Gasteiger partial charge in [-0.05, 0) is 41.0 Å². The molecule has 0 saturated carbocycles. The highest BCUT2D eigenvalue weighted by atomic mass is 35.5. The third kappa shape index (κ3) is 5.21. The van der Waals surface area contributed by atoms with Crippen molar-refractivity contribution in [2.75, 3.05) is 13.2 Å². The first-order valence-corrected chi connectivity index (χ1v) is 11.9. The quantitative estimate of drug-likeness (QED) is 0.358. The summed E-state index contributed by atoms with van der Waals surface area (Å²) in [6.45, 7) is 3.24. The Hall–Kier alpha value is -2.65. The molecule has 0 saturated heterocycles. The summed E-state index contributed by atoms with van der Waals surface area (Å²) in [5.41, 5.74) is 1.59. The van der Waals surface area contributed by atoms with Crippen LogP contribution >= 0.6 is 11.6 Å². The lowest BCUT2D eigenvalue weighted by atomic mass is 10.0. The number of nitrogens with one attached hydrogen (secondary N) is 1. The molecule has 0 aliphatic heterocycles. The van der Waals surface area contributed by atoms with Crippen LogP contribution in [-0.2, 0) is 14.8 Å². The Balaban J connectivity index is 1.97. The van der Waals surface area contributed by atoms with Crippen molar-refractivity contribution in [2.24, 2.45) is 5.92 Å². The van der Waals surface area contributed by atoms with Gasteiger partial charge < -0.3 is 4.74 Å². The predicted octanol–water partition coefficient (Wildman–Crippen LogP) is 4.09. The highest BCUT2D eigenvalue weighted by Gasteiger charge is 2.38. The fraction of sp³-hybridized carbons (Fsp3) is 0.261. The van der Waals surface area contributed by atoms with Crippen LogP contribution in [0.4, 0.5) is 0 Å². The predicted molar refractivity (Wildman–Crippen MR) is 123 cm³/mol. The van der Waals surface area contributed by atoms with Crippen LogP contribution in [0.3, 0.4) is 0 Å². The average Bonchev–Trinajstić information content (AvgIpc) is 2.78. The minimum absolute atomic E-state index is 0.0432. The van der Waals surface area contributed by atoms with Crippen molar-refractivity contribution in [3.8, 4) is 5.75 Å². The maximum Gasteiger partial charge on any atom is 0.262 e. The van der Waals surface area contributed by atoms with E-state index in [0.29, 0.717) is 10.8 Å². The number of fused-ring (bicyclic) bond motifs is 1. The van der Waals surface area contributed by atoms with Gasteiger partial charge in [0.1, 0.15) is 18.4 Å². The van der Waals surface area contributed by atoms with Gasteiger partial charge in [-0.25, -0.2) is 13.9 Å². The Kier molecular flexibility index (Phi) is 7.73. The molecule has 170 valence electrons. The van der Waals surface area contributed by atoms with Gasteiger partial charge in [0.05, 0.1) is 9.92 Å². The molecule has 3 aromatic carbocycles. The zero-order valence-electron chi connectivity index (χ0n) is 17.7. The van der Waals surface area contributed by atoms with Crippen LogP contribution in [0.15, 0.2) is 71.6 Å². The van der Waals surface area contributed by atoms with Crippen LogP contribution in [-0.4, -0.2) is 43.0 Å². The second kappa shape index (κ2) is 10.3. The van der Waals surface area contributed by atoms with Crippen molar-refractivity contribution in [1.29, 1.82) is 0 Å². The van der Waals surface area contributed by atoms with Crippen LogP contribution in [0.5, 0.6) is 5.75 Å². The van der Waals surface area contributed by atoms with Crippen LogP contribution in [0, 0.1) is 5.92 Å². The van der Waals surface area contributed by atoms with Gasteiger partial charge in [-0.3, -0.25) is 10.0 Å². The second-order valence-electron chi connectivity index (χ2n) is 7.57. The maximum atomic E-state index is 13.6. The third-order valence-electron chi connectivity index (χ3n) is 5.05. The molecule has 1 unspecified atom stereocenters. The van der Waals surface area contributed by atoms with Gasteiger partial charge in [0.25, 0.3) is 5.91 Å². The molecular formula is C23H25ClN2O5S. The maximum absolute atomic E-state index is 13.6. The van der Waals surface area contributed by atoms with Crippen LogP contribution in [0.1, 0.15) is 13.8 Å². The van der Waals surface area contributed by atoms with Crippen molar-refractivity contribution in [2.45, 2.75) is 24.8 Å². The lowest BCUT2D eigenvalue weighted by Crippen LogP contribution is -2.52. The zero-order chi connectivity index (χ0) is 23.3. The molecule has 0 heterocycles. The fourth-order valence-electron chi connectivity index (χ4n) is 3.51. The highest BCUT2D eigenvalue weighted by molar-refractivity contribution is 7.89. The monoisotopic (exact) mass is 476 g/mol. The van der Waals surface area contributed by atoms with Gasteiger partial charge in [0.2, 0.25) is 10.0 Å². The number of sulfonamides is 1. The van der Waals surface area contributed by atoms with E-state index in [1.54, 1.807) is 55.7 Å².